The minimum atomic E-state index is 0. The van der Waals surface area contributed by atoms with Crippen LogP contribution in [-0.4, -0.2) is 4.98 Å². The maximum atomic E-state index is 4.08. The standard InChI is InChI=1S/C19H33N.FH/c1-3-4-5-6-7-8-9-10-11-12-13-18(2)19-14-16-20-17-15-19;/h14-18H,3-13H2,1-2H3;1H. The Balaban J connectivity index is 0.00000400. The lowest BCUT2D eigenvalue weighted by Crippen LogP contribution is -1.93. The summed E-state index contributed by atoms with van der Waals surface area (Å²) < 4.78 is 0. The van der Waals surface area contributed by atoms with Gasteiger partial charge in [0.1, 0.15) is 0 Å². The molecule has 0 aliphatic heterocycles. The summed E-state index contributed by atoms with van der Waals surface area (Å²) in [7, 11) is 0. The van der Waals surface area contributed by atoms with Crippen LogP contribution in [0.3, 0.4) is 0 Å². The number of hydrogen-bond donors (Lipinski definition) is 0. The zero-order chi connectivity index (χ0) is 14.5. The molecule has 0 saturated heterocycles. The van der Waals surface area contributed by atoms with Crippen molar-refractivity contribution in [1.29, 1.82) is 0 Å². The smallest absolute Gasteiger partial charge is 0.0270 e. The van der Waals surface area contributed by atoms with Crippen LogP contribution in [0.15, 0.2) is 24.5 Å². The van der Waals surface area contributed by atoms with Gasteiger partial charge in [0, 0.05) is 12.4 Å². The fraction of sp³-hybridized carbons (Fsp3) is 0.737. The van der Waals surface area contributed by atoms with E-state index in [2.05, 4.69) is 31.0 Å². The lowest BCUT2D eigenvalue weighted by molar-refractivity contribution is 0.534. The first-order valence-electron chi connectivity index (χ1n) is 8.74. The molecule has 2 heteroatoms. The summed E-state index contributed by atoms with van der Waals surface area (Å²) in [6.45, 7) is 4.62. The molecule has 0 aromatic carbocycles. The average molecular weight is 295 g/mol. The predicted octanol–water partition coefficient (Wildman–Crippen LogP) is 6.65. The summed E-state index contributed by atoms with van der Waals surface area (Å²) in [4.78, 5) is 4.08. The van der Waals surface area contributed by atoms with Gasteiger partial charge in [-0.25, -0.2) is 0 Å². The molecule has 1 rings (SSSR count). The quantitative estimate of drug-likeness (QED) is 0.393. The summed E-state index contributed by atoms with van der Waals surface area (Å²) in [5, 5.41) is 0. The van der Waals surface area contributed by atoms with Crippen molar-refractivity contribution < 1.29 is 4.70 Å². The van der Waals surface area contributed by atoms with Crippen LogP contribution in [0.2, 0.25) is 0 Å². The number of aromatic nitrogens is 1. The van der Waals surface area contributed by atoms with Crippen molar-refractivity contribution >= 4 is 0 Å². The molecule has 0 radical (unpaired) electrons. The Hall–Kier alpha value is -0.920. The lowest BCUT2D eigenvalue weighted by Gasteiger charge is -2.11. The second kappa shape index (κ2) is 14.0. The molecule has 1 aromatic heterocycles. The summed E-state index contributed by atoms with van der Waals surface area (Å²) in [5.74, 6) is 0.687. The fourth-order valence-electron chi connectivity index (χ4n) is 2.80. The topological polar surface area (TPSA) is 12.9 Å². The van der Waals surface area contributed by atoms with Gasteiger partial charge in [0.15, 0.2) is 0 Å². The van der Waals surface area contributed by atoms with E-state index in [4.69, 9.17) is 0 Å². The van der Waals surface area contributed by atoms with E-state index in [0.29, 0.717) is 5.92 Å². The van der Waals surface area contributed by atoms with E-state index in [9.17, 15) is 0 Å². The fourth-order valence-corrected chi connectivity index (χ4v) is 2.80. The van der Waals surface area contributed by atoms with Gasteiger partial charge in [0.25, 0.3) is 0 Å². The van der Waals surface area contributed by atoms with Gasteiger partial charge < -0.3 is 0 Å². The van der Waals surface area contributed by atoms with Crippen LogP contribution in [0.1, 0.15) is 96.0 Å². The molecule has 0 N–H and O–H groups in total. The number of rotatable bonds is 12. The maximum Gasteiger partial charge on any atom is 0.0270 e. The van der Waals surface area contributed by atoms with Crippen LogP contribution in [-0.2, 0) is 0 Å². The summed E-state index contributed by atoms with van der Waals surface area (Å²) in [6.07, 6.45) is 19.4. The molecule has 0 amide bonds. The second-order valence-electron chi connectivity index (χ2n) is 6.15. The molecule has 0 aliphatic carbocycles. The third-order valence-electron chi connectivity index (χ3n) is 4.27. The Morgan fingerprint density at radius 3 is 1.81 bits per heavy atom. The van der Waals surface area contributed by atoms with E-state index in [1.165, 1.54) is 76.2 Å². The van der Waals surface area contributed by atoms with Gasteiger partial charge in [-0.2, -0.15) is 0 Å². The Kier molecular flexibility index (Phi) is 13.4. The Morgan fingerprint density at radius 2 is 1.29 bits per heavy atom. The molecule has 1 aromatic rings. The average Bonchev–Trinajstić information content (AvgIpc) is 2.50. The van der Waals surface area contributed by atoms with Crippen molar-refractivity contribution in [1.82, 2.24) is 4.98 Å². The van der Waals surface area contributed by atoms with Crippen LogP contribution in [0.5, 0.6) is 0 Å². The van der Waals surface area contributed by atoms with Gasteiger partial charge in [-0.3, -0.25) is 9.69 Å². The van der Waals surface area contributed by atoms with Gasteiger partial charge in [0.2, 0.25) is 0 Å². The van der Waals surface area contributed by atoms with Crippen molar-refractivity contribution in [2.45, 2.75) is 90.4 Å². The van der Waals surface area contributed by atoms with Crippen molar-refractivity contribution in [2.75, 3.05) is 0 Å². The molecule has 1 heterocycles. The molecule has 122 valence electrons. The first-order chi connectivity index (χ1) is 9.84. The largest absolute Gasteiger partial charge is 0.269 e. The number of hydrogen-bond acceptors (Lipinski definition) is 1. The Labute approximate surface area is 130 Å². The molecule has 0 aliphatic rings. The van der Waals surface area contributed by atoms with Gasteiger partial charge in [-0.05, 0) is 30.0 Å². The first kappa shape index (κ1) is 20.1. The third kappa shape index (κ3) is 10.4. The van der Waals surface area contributed by atoms with Crippen molar-refractivity contribution in [3.05, 3.63) is 30.1 Å². The highest BCUT2D eigenvalue weighted by molar-refractivity contribution is 5.14. The third-order valence-corrected chi connectivity index (χ3v) is 4.27. The number of nitrogens with zero attached hydrogens (tertiary/aromatic N) is 1. The molecule has 21 heavy (non-hydrogen) atoms. The molecule has 1 atom stereocenters. The van der Waals surface area contributed by atoms with Crippen LogP contribution in [0, 0.1) is 0 Å². The van der Waals surface area contributed by atoms with Crippen LogP contribution in [0.4, 0.5) is 4.70 Å². The van der Waals surface area contributed by atoms with Crippen molar-refractivity contribution in [3.63, 3.8) is 0 Å². The number of halogens is 1. The van der Waals surface area contributed by atoms with Crippen LogP contribution in [0.25, 0.3) is 0 Å². The van der Waals surface area contributed by atoms with Gasteiger partial charge >= 0.3 is 0 Å². The Bertz CT molecular complexity index is 313. The molecule has 0 saturated carbocycles. The summed E-state index contributed by atoms with van der Waals surface area (Å²) >= 11 is 0. The van der Waals surface area contributed by atoms with E-state index in [0.717, 1.165) is 0 Å². The van der Waals surface area contributed by atoms with E-state index in [1.54, 1.807) is 0 Å². The van der Waals surface area contributed by atoms with Gasteiger partial charge in [-0.1, -0.05) is 78.1 Å². The zero-order valence-electron chi connectivity index (χ0n) is 14.0. The van der Waals surface area contributed by atoms with Gasteiger partial charge in [-0.15, -0.1) is 0 Å². The lowest BCUT2D eigenvalue weighted by atomic mass is 9.95. The van der Waals surface area contributed by atoms with Crippen LogP contribution < -0.4 is 0 Å². The van der Waals surface area contributed by atoms with Crippen LogP contribution >= 0.6 is 0 Å². The molecule has 0 fully saturated rings. The molecular weight excluding hydrogens is 261 g/mol. The molecule has 0 spiro atoms. The minimum absolute atomic E-state index is 0. The number of pyridine rings is 1. The predicted molar refractivity (Wildman–Crippen MR) is 91.6 cm³/mol. The van der Waals surface area contributed by atoms with E-state index in [-0.39, 0.29) is 4.70 Å². The minimum Gasteiger partial charge on any atom is -0.269 e. The summed E-state index contributed by atoms with van der Waals surface area (Å²) in [5.41, 5.74) is 1.44. The van der Waals surface area contributed by atoms with E-state index in [1.807, 2.05) is 12.4 Å². The zero-order valence-corrected chi connectivity index (χ0v) is 14.0. The van der Waals surface area contributed by atoms with Crippen molar-refractivity contribution in [3.8, 4) is 0 Å². The molecule has 0 bridgehead atoms. The molecule has 1 nitrogen and oxygen atoms in total. The SMILES string of the molecule is CCCCCCCCCCCCC(C)c1ccncc1.F. The highest BCUT2D eigenvalue weighted by Crippen LogP contribution is 2.21. The first-order valence-corrected chi connectivity index (χ1v) is 8.74. The Morgan fingerprint density at radius 1 is 0.810 bits per heavy atom. The van der Waals surface area contributed by atoms with E-state index >= 15 is 0 Å². The molecular formula is C19H34FN. The van der Waals surface area contributed by atoms with Gasteiger partial charge in [0.05, 0.1) is 0 Å². The maximum absolute atomic E-state index is 4.08. The summed E-state index contributed by atoms with van der Waals surface area (Å²) in [6, 6.07) is 4.31. The highest BCUT2D eigenvalue weighted by Gasteiger charge is 2.04. The highest BCUT2D eigenvalue weighted by atomic mass is 19.0. The number of unbranched alkanes of at least 4 members (excludes halogenated alkanes) is 9. The second-order valence-corrected chi connectivity index (χ2v) is 6.15. The van der Waals surface area contributed by atoms with E-state index < -0.39 is 0 Å². The van der Waals surface area contributed by atoms with Crippen molar-refractivity contribution in [2.24, 2.45) is 0 Å². The normalized spacial score (nSPS) is 11.9. The molecule has 1 unspecified atom stereocenters. The monoisotopic (exact) mass is 295 g/mol.